The third kappa shape index (κ3) is 6.94. The van der Waals surface area contributed by atoms with E-state index in [0.29, 0.717) is 43.1 Å². The highest BCUT2D eigenvalue weighted by Crippen LogP contribution is 2.38. The van der Waals surface area contributed by atoms with E-state index in [2.05, 4.69) is 40.4 Å². The molecule has 3 aromatic rings. The zero-order valence-electron chi connectivity index (χ0n) is 24.3. The van der Waals surface area contributed by atoms with Crippen LogP contribution in [0.5, 0.6) is 5.88 Å². The molecular weight excluding hydrogens is 544 g/mol. The molecule has 1 amide bonds. The van der Waals surface area contributed by atoms with E-state index in [4.69, 9.17) is 20.2 Å². The topological polar surface area (TPSA) is 150 Å². The summed E-state index contributed by atoms with van der Waals surface area (Å²) in [7, 11) is -4.27. The van der Waals surface area contributed by atoms with Crippen molar-refractivity contribution in [3.63, 3.8) is 0 Å². The molecule has 0 radical (unpaired) electrons. The van der Waals surface area contributed by atoms with E-state index in [1.165, 1.54) is 18.3 Å². The van der Waals surface area contributed by atoms with Crippen molar-refractivity contribution in [2.24, 2.45) is 5.92 Å². The second-order valence-electron chi connectivity index (χ2n) is 11.2. The van der Waals surface area contributed by atoms with Crippen LogP contribution in [0.2, 0.25) is 0 Å². The molecule has 220 valence electrons. The summed E-state index contributed by atoms with van der Waals surface area (Å²) >= 11 is 0. The maximum Gasteiger partial charge on any atom is 0.268 e. The lowest BCUT2D eigenvalue weighted by Crippen LogP contribution is -2.41. The van der Waals surface area contributed by atoms with Gasteiger partial charge in [0.05, 0.1) is 24.0 Å². The molecule has 3 N–H and O–H groups in total. The molecule has 0 bridgehead atoms. The molecule has 11 nitrogen and oxygen atoms in total. The number of anilines is 2. The van der Waals surface area contributed by atoms with Gasteiger partial charge in [0.15, 0.2) is 0 Å². The Bertz CT molecular complexity index is 1530. The first kappa shape index (κ1) is 30.2. The van der Waals surface area contributed by atoms with Crippen LogP contribution in [0.4, 0.5) is 11.6 Å². The molecule has 12 heteroatoms. The lowest BCUT2D eigenvalue weighted by molar-refractivity contribution is 0.0541. The largest absolute Gasteiger partial charge is 0.475 e. The van der Waals surface area contributed by atoms with Crippen molar-refractivity contribution in [2.45, 2.75) is 64.5 Å². The quantitative estimate of drug-likeness (QED) is 0.336. The van der Waals surface area contributed by atoms with Gasteiger partial charge >= 0.3 is 0 Å². The molecule has 1 saturated heterocycles. The predicted molar refractivity (Wildman–Crippen MR) is 157 cm³/mol. The van der Waals surface area contributed by atoms with E-state index in [0.717, 1.165) is 17.5 Å². The van der Waals surface area contributed by atoms with E-state index < -0.39 is 15.9 Å². The first-order valence-corrected chi connectivity index (χ1v) is 15.0. The number of nitrogens with zero attached hydrogens (tertiary/aromatic N) is 4. The van der Waals surface area contributed by atoms with Gasteiger partial charge in [-0.2, -0.15) is 0 Å². The number of ether oxygens (including phenoxy) is 2. The first-order chi connectivity index (χ1) is 19.3. The van der Waals surface area contributed by atoms with Gasteiger partial charge in [-0.15, -0.1) is 0 Å². The summed E-state index contributed by atoms with van der Waals surface area (Å²) in [5.74, 6) is 0.252. The van der Waals surface area contributed by atoms with Crippen molar-refractivity contribution in [1.82, 2.24) is 19.7 Å². The number of sulfonamides is 1. The highest BCUT2D eigenvalue weighted by atomic mass is 32.2. The molecule has 0 aliphatic carbocycles. The van der Waals surface area contributed by atoms with Gasteiger partial charge < -0.3 is 20.1 Å². The number of nitrogen functional groups attached to an aromatic ring is 1. The fraction of sp³-hybridized carbons (Fsp3) is 0.448. The highest BCUT2D eigenvalue weighted by molar-refractivity contribution is 7.90. The minimum Gasteiger partial charge on any atom is -0.475 e. The van der Waals surface area contributed by atoms with Crippen LogP contribution in [0.25, 0.3) is 11.3 Å². The fourth-order valence-electron chi connectivity index (χ4n) is 5.09. The number of carbonyl (C=O) groups excluding carboxylic acids is 1. The molecule has 0 unspecified atom stereocenters. The summed E-state index contributed by atoms with van der Waals surface area (Å²) in [5.41, 5.74) is 7.76. The van der Waals surface area contributed by atoms with Gasteiger partial charge in [0.25, 0.3) is 15.9 Å². The number of aryl methyl sites for hydroxylation is 1. The number of nitrogens with two attached hydrogens (primary N) is 1. The summed E-state index contributed by atoms with van der Waals surface area (Å²) < 4.78 is 39.5. The molecule has 1 aliphatic rings. The van der Waals surface area contributed by atoms with Crippen molar-refractivity contribution < 1.29 is 22.7 Å². The van der Waals surface area contributed by atoms with Gasteiger partial charge in [-0.05, 0) is 77.3 Å². The zero-order chi connectivity index (χ0) is 29.9. The standard InChI is InChI=1S/C29H38N6O5S/c1-18(2)39-12-13-40-28-20(4)14-21(16-32-28)23-10-9-22(26(33-23)35-17-19(3)15-29(35,5)6)27(36)34-41(37,38)24-8-7-11-31-25(24)30/h7-11,14,16,18-19H,12-13,15,17H2,1-6H3,(H2,30,31)(H,34,36)/t19-/m0/s1. The molecule has 1 fully saturated rings. The number of hydrogen-bond donors (Lipinski definition) is 2. The monoisotopic (exact) mass is 582 g/mol. The average molecular weight is 583 g/mol. The molecule has 0 spiro atoms. The summed E-state index contributed by atoms with van der Waals surface area (Å²) in [6.45, 7) is 13.6. The Labute approximate surface area is 241 Å². The maximum absolute atomic E-state index is 13.5. The molecule has 1 aliphatic heterocycles. The predicted octanol–water partition coefficient (Wildman–Crippen LogP) is 3.98. The molecule has 0 saturated carbocycles. The summed E-state index contributed by atoms with van der Waals surface area (Å²) in [6.07, 6.45) is 4.06. The minimum atomic E-state index is -4.27. The van der Waals surface area contributed by atoms with Crippen LogP contribution in [-0.2, 0) is 14.8 Å². The van der Waals surface area contributed by atoms with Crippen molar-refractivity contribution in [3.05, 3.63) is 53.9 Å². The Morgan fingerprint density at radius 2 is 1.98 bits per heavy atom. The number of hydrogen-bond acceptors (Lipinski definition) is 10. The van der Waals surface area contributed by atoms with Crippen LogP contribution in [0, 0.1) is 12.8 Å². The number of carbonyl (C=O) groups is 1. The van der Waals surface area contributed by atoms with Crippen LogP contribution >= 0.6 is 0 Å². The van der Waals surface area contributed by atoms with E-state index in [1.807, 2.05) is 26.8 Å². The summed E-state index contributed by atoms with van der Waals surface area (Å²) in [4.78, 5) is 28.5. The Kier molecular flexibility index (Phi) is 8.83. The van der Waals surface area contributed by atoms with Gasteiger partial charge in [-0.3, -0.25) is 4.79 Å². The number of aromatic nitrogens is 3. The maximum atomic E-state index is 13.5. The Hall–Kier alpha value is -3.77. The number of pyridine rings is 3. The lowest BCUT2D eigenvalue weighted by Gasteiger charge is -2.34. The van der Waals surface area contributed by atoms with Crippen LogP contribution in [-0.4, -0.2) is 60.7 Å². The van der Waals surface area contributed by atoms with E-state index in [9.17, 15) is 13.2 Å². The summed E-state index contributed by atoms with van der Waals surface area (Å²) in [5, 5.41) is 0. The third-order valence-electron chi connectivity index (χ3n) is 6.86. The van der Waals surface area contributed by atoms with Crippen molar-refractivity contribution >= 4 is 27.6 Å². The Balaban J connectivity index is 1.68. The molecule has 1 atom stereocenters. The van der Waals surface area contributed by atoms with Gasteiger partial charge in [0.1, 0.15) is 23.1 Å². The van der Waals surface area contributed by atoms with Crippen LogP contribution in [0.15, 0.2) is 47.6 Å². The molecule has 41 heavy (non-hydrogen) atoms. The van der Waals surface area contributed by atoms with Crippen LogP contribution < -0.4 is 20.1 Å². The minimum absolute atomic E-state index is 0.123. The Morgan fingerprint density at radius 3 is 2.61 bits per heavy atom. The van der Waals surface area contributed by atoms with Gasteiger partial charge in [-0.1, -0.05) is 6.92 Å². The van der Waals surface area contributed by atoms with Crippen molar-refractivity contribution in [2.75, 3.05) is 30.4 Å². The smallest absolute Gasteiger partial charge is 0.268 e. The molecule has 0 aromatic carbocycles. The van der Waals surface area contributed by atoms with Crippen molar-refractivity contribution in [1.29, 1.82) is 0 Å². The van der Waals surface area contributed by atoms with E-state index >= 15 is 0 Å². The normalized spacial score (nSPS) is 16.7. The average Bonchev–Trinajstić information content (AvgIpc) is 3.18. The summed E-state index contributed by atoms with van der Waals surface area (Å²) in [6, 6.07) is 7.94. The van der Waals surface area contributed by atoms with E-state index in [-0.39, 0.29) is 27.9 Å². The number of rotatable bonds is 10. The molecular formula is C29H38N6O5S. The Morgan fingerprint density at radius 1 is 1.22 bits per heavy atom. The second kappa shape index (κ2) is 12.0. The van der Waals surface area contributed by atoms with Crippen molar-refractivity contribution in [3.8, 4) is 17.1 Å². The SMILES string of the molecule is Cc1cc(-c2ccc(C(=O)NS(=O)(=O)c3cccnc3N)c(N3C[C@@H](C)CC3(C)C)n2)cnc1OCCOC(C)C. The number of nitrogens with one attached hydrogen (secondary N) is 1. The van der Waals surface area contributed by atoms with E-state index in [1.54, 1.807) is 18.3 Å². The van der Waals surface area contributed by atoms with Gasteiger partial charge in [0, 0.05) is 35.6 Å². The van der Waals surface area contributed by atoms with Crippen LogP contribution in [0.3, 0.4) is 0 Å². The molecule has 4 heterocycles. The highest BCUT2D eigenvalue weighted by Gasteiger charge is 2.39. The van der Waals surface area contributed by atoms with Crippen LogP contribution in [0.1, 0.15) is 57.0 Å². The first-order valence-electron chi connectivity index (χ1n) is 13.6. The fourth-order valence-corrected chi connectivity index (χ4v) is 6.14. The third-order valence-corrected chi connectivity index (χ3v) is 8.24. The molecule has 4 rings (SSSR count). The van der Waals surface area contributed by atoms with Gasteiger partial charge in [0.2, 0.25) is 5.88 Å². The lowest BCUT2D eigenvalue weighted by atomic mass is 9.97. The van der Waals surface area contributed by atoms with Gasteiger partial charge in [-0.25, -0.2) is 28.1 Å². The molecule has 3 aromatic heterocycles. The second-order valence-corrected chi connectivity index (χ2v) is 12.9. The number of amides is 1. The zero-order valence-corrected chi connectivity index (χ0v) is 25.2.